The van der Waals surface area contributed by atoms with Crippen molar-refractivity contribution >= 4 is 13.5 Å². The van der Waals surface area contributed by atoms with Gasteiger partial charge in [0.15, 0.2) is 0 Å². The van der Waals surface area contributed by atoms with E-state index in [-0.39, 0.29) is 13.5 Å². The lowest BCUT2D eigenvalue weighted by Crippen LogP contribution is -2.44. The number of rotatable bonds is 4. The highest BCUT2D eigenvalue weighted by Crippen LogP contribution is 2.11. The molecule has 0 aromatic heterocycles. The van der Waals surface area contributed by atoms with Gasteiger partial charge in [-0.15, -0.1) is 0 Å². The van der Waals surface area contributed by atoms with Gasteiger partial charge in [-0.2, -0.15) is 13.5 Å². The number of nitrogens with zero attached hydrogens (tertiary/aromatic N) is 1. The van der Waals surface area contributed by atoms with E-state index in [4.69, 9.17) is 0 Å². The zero-order chi connectivity index (χ0) is 9.84. The fourth-order valence-corrected chi connectivity index (χ4v) is 2.18. The lowest BCUT2D eigenvalue weighted by atomic mass is 10.1. The van der Waals surface area contributed by atoms with Crippen LogP contribution in [-0.4, -0.2) is 36.1 Å². The van der Waals surface area contributed by atoms with Gasteiger partial charge in [-0.3, -0.25) is 4.90 Å². The van der Waals surface area contributed by atoms with Crippen LogP contribution in [0, 0.1) is 0 Å². The Morgan fingerprint density at radius 1 is 1.21 bits per heavy atom. The van der Waals surface area contributed by atoms with Crippen molar-refractivity contribution in [3.63, 3.8) is 0 Å². The van der Waals surface area contributed by atoms with Crippen LogP contribution in [0.3, 0.4) is 0 Å². The smallest absolute Gasteiger partial charge is 0.0195 e. The van der Waals surface area contributed by atoms with E-state index in [9.17, 15) is 0 Å². The van der Waals surface area contributed by atoms with E-state index >= 15 is 0 Å². The zero-order valence-electron chi connectivity index (χ0n) is 10.0. The van der Waals surface area contributed by atoms with Crippen LogP contribution in [0.15, 0.2) is 0 Å². The SMILES string of the molecule is CC(C)N(CC1CCCN1)C(C)C.S. The molecule has 1 rings (SSSR count). The van der Waals surface area contributed by atoms with Crippen molar-refractivity contribution in [2.75, 3.05) is 13.1 Å². The lowest BCUT2D eigenvalue weighted by Gasteiger charge is -2.32. The molecule has 1 N–H and O–H groups in total. The van der Waals surface area contributed by atoms with E-state index in [0.717, 1.165) is 6.04 Å². The molecule has 0 aromatic rings. The summed E-state index contributed by atoms with van der Waals surface area (Å²) in [6, 6.07) is 2.08. The second-order valence-corrected chi connectivity index (χ2v) is 4.68. The quantitative estimate of drug-likeness (QED) is 0.776. The van der Waals surface area contributed by atoms with E-state index in [1.54, 1.807) is 0 Å². The van der Waals surface area contributed by atoms with Gasteiger partial charge in [0.05, 0.1) is 0 Å². The van der Waals surface area contributed by atoms with Gasteiger partial charge >= 0.3 is 0 Å². The van der Waals surface area contributed by atoms with Crippen molar-refractivity contribution in [1.29, 1.82) is 0 Å². The second-order valence-electron chi connectivity index (χ2n) is 4.68. The largest absolute Gasteiger partial charge is 0.313 e. The predicted molar refractivity (Wildman–Crippen MR) is 68.4 cm³/mol. The molecule has 3 heteroatoms. The summed E-state index contributed by atoms with van der Waals surface area (Å²) in [6.07, 6.45) is 2.71. The van der Waals surface area contributed by atoms with Crippen LogP contribution in [-0.2, 0) is 0 Å². The van der Waals surface area contributed by atoms with Crippen LogP contribution in [0.2, 0.25) is 0 Å². The molecule has 1 saturated heterocycles. The first-order chi connectivity index (χ1) is 6.11. The Morgan fingerprint density at radius 2 is 1.79 bits per heavy atom. The fraction of sp³-hybridized carbons (Fsp3) is 1.00. The minimum Gasteiger partial charge on any atom is -0.313 e. The van der Waals surface area contributed by atoms with Gasteiger partial charge in [0.1, 0.15) is 0 Å². The summed E-state index contributed by atoms with van der Waals surface area (Å²) in [4.78, 5) is 2.57. The molecule has 0 aromatic carbocycles. The van der Waals surface area contributed by atoms with Crippen molar-refractivity contribution in [2.45, 2.75) is 58.7 Å². The molecule has 1 heterocycles. The molecule has 1 fully saturated rings. The van der Waals surface area contributed by atoms with Gasteiger partial charge in [-0.1, -0.05) is 0 Å². The third kappa shape index (κ3) is 4.20. The molecule has 0 radical (unpaired) electrons. The van der Waals surface area contributed by atoms with Crippen molar-refractivity contribution in [3.8, 4) is 0 Å². The molecule has 1 aliphatic heterocycles. The molecular formula is C11H26N2S. The van der Waals surface area contributed by atoms with Crippen molar-refractivity contribution < 1.29 is 0 Å². The minimum absolute atomic E-state index is 0. The summed E-state index contributed by atoms with van der Waals surface area (Å²) in [5, 5.41) is 3.56. The topological polar surface area (TPSA) is 15.3 Å². The standard InChI is InChI=1S/C11H24N2.H2S/c1-9(2)13(10(3)4)8-11-6-5-7-12-11;/h9-12H,5-8H2,1-4H3;1H2. The third-order valence-electron chi connectivity index (χ3n) is 2.92. The Balaban J connectivity index is 0.00000169. The molecule has 0 saturated carbocycles. The summed E-state index contributed by atoms with van der Waals surface area (Å²) in [7, 11) is 0. The highest BCUT2D eigenvalue weighted by atomic mass is 32.1. The summed E-state index contributed by atoms with van der Waals surface area (Å²) in [5.41, 5.74) is 0. The summed E-state index contributed by atoms with van der Waals surface area (Å²) in [5.74, 6) is 0. The molecule has 0 amide bonds. The average Bonchev–Trinajstić information content (AvgIpc) is 2.50. The maximum Gasteiger partial charge on any atom is 0.0195 e. The van der Waals surface area contributed by atoms with Crippen molar-refractivity contribution in [1.82, 2.24) is 10.2 Å². The first-order valence-electron chi connectivity index (χ1n) is 5.60. The van der Waals surface area contributed by atoms with Crippen LogP contribution >= 0.6 is 13.5 Å². The van der Waals surface area contributed by atoms with E-state index < -0.39 is 0 Å². The molecule has 0 spiro atoms. The maximum atomic E-state index is 3.56. The Labute approximate surface area is 95.9 Å². The predicted octanol–water partition coefficient (Wildman–Crippen LogP) is 1.97. The van der Waals surface area contributed by atoms with Gasteiger partial charge in [0, 0.05) is 24.7 Å². The van der Waals surface area contributed by atoms with E-state index in [1.165, 1.54) is 25.9 Å². The van der Waals surface area contributed by atoms with Gasteiger partial charge < -0.3 is 5.32 Å². The van der Waals surface area contributed by atoms with Gasteiger partial charge in [-0.25, -0.2) is 0 Å². The third-order valence-corrected chi connectivity index (χ3v) is 2.92. The van der Waals surface area contributed by atoms with Crippen molar-refractivity contribution in [2.24, 2.45) is 0 Å². The average molecular weight is 218 g/mol. The number of hydrogen-bond donors (Lipinski definition) is 1. The molecule has 0 bridgehead atoms. The number of hydrogen-bond acceptors (Lipinski definition) is 2. The molecule has 14 heavy (non-hydrogen) atoms. The maximum absolute atomic E-state index is 3.56. The van der Waals surface area contributed by atoms with Gasteiger partial charge in [-0.05, 0) is 47.1 Å². The first-order valence-corrected chi connectivity index (χ1v) is 5.60. The van der Waals surface area contributed by atoms with Gasteiger partial charge in [0.2, 0.25) is 0 Å². The highest BCUT2D eigenvalue weighted by molar-refractivity contribution is 7.59. The Bertz CT molecular complexity index is 134. The summed E-state index contributed by atoms with van der Waals surface area (Å²) in [6.45, 7) is 11.6. The summed E-state index contributed by atoms with van der Waals surface area (Å²) >= 11 is 0. The van der Waals surface area contributed by atoms with E-state index in [1.807, 2.05) is 0 Å². The van der Waals surface area contributed by atoms with Crippen LogP contribution in [0.1, 0.15) is 40.5 Å². The highest BCUT2D eigenvalue weighted by Gasteiger charge is 2.20. The molecular weight excluding hydrogens is 192 g/mol. The van der Waals surface area contributed by atoms with Gasteiger partial charge in [0.25, 0.3) is 0 Å². The Morgan fingerprint density at radius 3 is 2.14 bits per heavy atom. The molecule has 86 valence electrons. The lowest BCUT2D eigenvalue weighted by molar-refractivity contribution is 0.160. The van der Waals surface area contributed by atoms with Crippen LogP contribution in [0.4, 0.5) is 0 Å². The van der Waals surface area contributed by atoms with Crippen molar-refractivity contribution in [3.05, 3.63) is 0 Å². The normalized spacial score (nSPS) is 22.1. The van der Waals surface area contributed by atoms with E-state index in [2.05, 4.69) is 37.9 Å². The Kier molecular flexibility index (Phi) is 6.83. The molecule has 1 aliphatic rings. The molecule has 2 nitrogen and oxygen atoms in total. The summed E-state index contributed by atoms with van der Waals surface area (Å²) < 4.78 is 0. The minimum atomic E-state index is 0. The fourth-order valence-electron chi connectivity index (χ4n) is 2.18. The molecule has 1 unspecified atom stereocenters. The first kappa shape index (κ1) is 14.3. The molecule has 1 atom stereocenters. The number of nitrogens with one attached hydrogen (secondary N) is 1. The van der Waals surface area contributed by atoms with E-state index in [0.29, 0.717) is 12.1 Å². The zero-order valence-corrected chi connectivity index (χ0v) is 11.0. The monoisotopic (exact) mass is 218 g/mol. The second kappa shape index (κ2) is 6.70. The Hall–Kier alpha value is 0.270. The van der Waals surface area contributed by atoms with Crippen LogP contribution in [0.25, 0.3) is 0 Å². The van der Waals surface area contributed by atoms with Crippen LogP contribution < -0.4 is 5.32 Å². The van der Waals surface area contributed by atoms with Crippen LogP contribution in [0.5, 0.6) is 0 Å². The molecule has 0 aliphatic carbocycles.